The molecule has 0 unspecified atom stereocenters. The molecular weight excluding hydrogens is 234 g/mol. The number of hydrogen-bond donors (Lipinski definition) is 0. The van der Waals surface area contributed by atoms with E-state index in [2.05, 4.69) is 16.0 Å². The van der Waals surface area contributed by atoms with E-state index in [1.807, 2.05) is 18.2 Å². The third-order valence-corrected chi connectivity index (χ3v) is 2.98. The average Bonchev–Trinajstić information content (AvgIpc) is 2.37. The molecule has 0 aliphatic rings. The maximum atomic E-state index is 9.13. The van der Waals surface area contributed by atoms with Crippen LogP contribution in [0.3, 0.4) is 0 Å². The molecule has 0 saturated heterocycles. The molecule has 2 aromatic heterocycles. The predicted molar refractivity (Wildman–Crippen MR) is 66.8 cm³/mol. The summed E-state index contributed by atoms with van der Waals surface area (Å²) < 4.78 is 0. The van der Waals surface area contributed by atoms with Gasteiger partial charge in [-0.05, 0) is 23.6 Å². The van der Waals surface area contributed by atoms with Crippen molar-refractivity contribution in [3.63, 3.8) is 0 Å². The van der Waals surface area contributed by atoms with Crippen LogP contribution < -0.4 is 0 Å². The van der Waals surface area contributed by atoms with Gasteiger partial charge in [0, 0.05) is 23.2 Å². The van der Waals surface area contributed by atoms with Crippen molar-refractivity contribution in [1.29, 1.82) is 5.26 Å². The smallest absolute Gasteiger partial charge is 0.137 e. The lowest BCUT2D eigenvalue weighted by Crippen LogP contribution is -1.88. The molecule has 17 heavy (non-hydrogen) atoms. The molecule has 4 heteroatoms. The van der Waals surface area contributed by atoms with Gasteiger partial charge in [-0.25, -0.2) is 4.98 Å². The molecule has 0 fully saturated rings. The van der Waals surface area contributed by atoms with Crippen LogP contribution >= 0.6 is 11.6 Å². The fourth-order valence-electron chi connectivity index (χ4n) is 1.97. The molecule has 0 bridgehead atoms. The van der Waals surface area contributed by atoms with Crippen molar-refractivity contribution in [3.8, 4) is 6.07 Å². The highest BCUT2D eigenvalue weighted by Crippen LogP contribution is 2.30. The molecule has 0 atom stereocenters. The fraction of sp³-hybridized carbons (Fsp3) is 0. The summed E-state index contributed by atoms with van der Waals surface area (Å²) in [6.07, 6.45) is 3.30. The van der Waals surface area contributed by atoms with Crippen LogP contribution in [0.15, 0.2) is 36.7 Å². The van der Waals surface area contributed by atoms with Crippen LogP contribution in [0.1, 0.15) is 5.56 Å². The molecule has 0 saturated carbocycles. The van der Waals surface area contributed by atoms with Crippen molar-refractivity contribution in [1.82, 2.24) is 9.97 Å². The van der Waals surface area contributed by atoms with Crippen LogP contribution in [0, 0.1) is 11.3 Å². The molecule has 1 aromatic carbocycles. The van der Waals surface area contributed by atoms with Crippen LogP contribution in [0.25, 0.3) is 21.7 Å². The second kappa shape index (κ2) is 3.69. The van der Waals surface area contributed by atoms with E-state index in [0.29, 0.717) is 16.2 Å². The Morgan fingerprint density at radius 1 is 1.18 bits per heavy atom. The summed E-state index contributed by atoms with van der Waals surface area (Å²) in [6.45, 7) is 0. The standard InChI is InChI=1S/C13H6ClN3/c14-13-11-8(3-5-17-13)6-9(7-15)12-10(11)2-1-4-16-12/h1-6H. The summed E-state index contributed by atoms with van der Waals surface area (Å²) in [7, 11) is 0. The Hall–Kier alpha value is -2.18. The van der Waals surface area contributed by atoms with Crippen LogP contribution in [0.5, 0.6) is 0 Å². The predicted octanol–water partition coefficient (Wildman–Crippen LogP) is 3.31. The number of halogens is 1. The van der Waals surface area contributed by atoms with E-state index >= 15 is 0 Å². The van der Waals surface area contributed by atoms with Crippen LogP contribution in [-0.4, -0.2) is 9.97 Å². The van der Waals surface area contributed by atoms with Crippen LogP contribution in [0.4, 0.5) is 0 Å². The number of nitrogens with zero attached hydrogens (tertiary/aromatic N) is 3. The Bertz CT molecular complexity index is 775. The summed E-state index contributed by atoms with van der Waals surface area (Å²) in [5.74, 6) is 0. The van der Waals surface area contributed by atoms with Gasteiger partial charge in [-0.15, -0.1) is 0 Å². The van der Waals surface area contributed by atoms with Crippen molar-refractivity contribution in [2.75, 3.05) is 0 Å². The molecule has 3 rings (SSSR count). The fourth-order valence-corrected chi connectivity index (χ4v) is 2.23. The Balaban J connectivity index is 2.67. The van der Waals surface area contributed by atoms with Gasteiger partial charge in [0.2, 0.25) is 0 Å². The topological polar surface area (TPSA) is 49.6 Å². The second-order valence-electron chi connectivity index (χ2n) is 3.64. The Kier molecular flexibility index (Phi) is 2.17. The Morgan fingerprint density at radius 2 is 2.06 bits per heavy atom. The summed E-state index contributed by atoms with van der Waals surface area (Å²) in [4.78, 5) is 8.30. The lowest BCUT2D eigenvalue weighted by molar-refractivity contribution is 1.36. The minimum absolute atomic E-state index is 0.435. The molecule has 0 aliphatic carbocycles. The molecule has 0 spiro atoms. The lowest BCUT2D eigenvalue weighted by atomic mass is 10.0. The van der Waals surface area contributed by atoms with E-state index in [-0.39, 0.29) is 0 Å². The highest BCUT2D eigenvalue weighted by molar-refractivity contribution is 6.36. The monoisotopic (exact) mass is 239 g/mol. The number of pyridine rings is 2. The third kappa shape index (κ3) is 1.42. The minimum atomic E-state index is 0.435. The third-order valence-electron chi connectivity index (χ3n) is 2.69. The van der Waals surface area contributed by atoms with Gasteiger partial charge in [0.1, 0.15) is 11.2 Å². The van der Waals surface area contributed by atoms with Gasteiger partial charge < -0.3 is 0 Å². The molecular formula is C13H6ClN3. The number of fused-ring (bicyclic) bond motifs is 3. The molecule has 0 aliphatic heterocycles. The van der Waals surface area contributed by atoms with Gasteiger partial charge in [0.05, 0.1) is 11.1 Å². The number of rotatable bonds is 0. The SMILES string of the molecule is N#Cc1cc2ccnc(Cl)c2c2cccnc12. The Labute approximate surface area is 102 Å². The van der Waals surface area contributed by atoms with E-state index in [0.717, 1.165) is 16.2 Å². The molecule has 3 nitrogen and oxygen atoms in total. The van der Waals surface area contributed by atoms with E-state index in [1.54, 1.807) is 18.5 Å². The number of nitriles is 1. The normalized spacial score (nSPS) is 10.6. The maximum absolute atomic E-state index is 9.13. The number of aromatic nitrogens is 2. The molecule has 0 amide bonds. The molecule has 2 heterocycles. The van der Waals surface area contributed by atoms with Gasteiger partial charge in [0.25, 0.3) is 0 Å². The summed E-state index contributed by atoms with van der Waals surface area (Å²) in [6, 6.07) is 9.51. The van der Waals surface area contributed by atoms with Gasteiger partial charge >= 0.3 is 0 Å². The molecule has 3 aromatic rings. The van der Waals surface area contributed by atoms with E-state index in [4.69, 9.17) is 16.9 Å². The van der Waals surface area contributed by atoms with Gasteiger partial charge in [0.15, 0.2) is 0 Å². The first kappa shape index (κ1) is 10.0. The van der Waals surface area contributed by atoms with Gasteiger partial charge in [-0.2, -0.15) is 5.26 Å². The first-order valence-corrected chi connectivity index (χ1v) is 5.41. The highest BCUT2D eigenvalue weighted by Gasteiger charge is 2.09. The highest BCUT2D eigenvalue weighted by atomic mass is 35.5. The van der Waals surface area contributed by atoms with Crippen molar-refractivity contribution < 1.29 is 0 Å². The van der Waals surface area contributed by atoms with Crippen LogP contribution in [0.2, 0.25) is 5.15 Å². The zero-order valence-corrected chi connectivity index (χ0v) is 9.44. The summed E-state index contributed by atoms with van der Waals surface area (Å²) >= 11 is 6.11. The summed E-state index contributed by atoms with van der Waals surface area (Å²) in [5.41, 5.74) is 1.22. The number of hydrogen-bond acceptors (Lipinski definition) is 3. The summed E-state index contributed by atoms with van der Waals surface area (Å²) in [5, 5.41) is 12.2. The van der Waals surface area contributed by atoms with E-state index in [9.17, 15) is 0 Å². The maximum Gasteiger partial charge on any atom is 0.137 e. The van der Waals surface area contributed by atoms with Gasteiger partial charge in [-0.1, -0.05) is 17.7 Å². The average molecular weight is 240 g/mol. The molecule has 80 valence electrons. The van der Waals surface area contributed by atoms with E-state index < -0.39 is 0 Å². The molecule has 0 radical (unpaired) electrons. The van der Waals surface area contributed by atoms with Crippen molar-refractivity contribution >= 4 is 33.3 Å². The Morgan fingerprint density at radius 3 is 2.88 bits per heavy atom. The van der Waals surface area contributed by atoms with Crippen LogP contribution in [-0.2, 0) is 0 Å². The molecule has 0 N–H and O–H groups in total. The van der Waals surface area contributed by atoms with Crippen molar-refractivity contribution in [2.45, 2.75) is 0 Å². The lowest BCUT2D eigenvalue weighted by Gasteiger charge is -2.05. The zero-order valence-electron chi connectivity index (χ0n) is 8.68. The van der Waals surface area contributed by atoms with Gasteiger partial charge in [-0.3, -0.25) is 4.98 Å². The number of benzene rings is 1. The van der Waals surface area contributed by atoms with Crippen molar-refractivity contribution in [2.24, 2.45) is 0 Å². The quantitative estimate of drug-likeness (QED) is 0.447. The van der Waals surface area contributed by atoms with Crippen molar-refractivity contribution in [3.05, 3.63) is 47.4 Å². The zero-order chi connectivity index (χ0) is 11.8. The van der Waals surface area contributed by atoms with E-state index in [1.165, 1.54) is 0 Å². The first-order valence-electron chi connectivity index (χ1n) is 5.03. The second-order valence-corrected chi connectivity index (χ2v) is 3.99. The minimum Gasteiger partial charge on any atom is -0.255 e. The first-order chi connectivity index (χ1) is 8.31. The largest absolute Gasteiger partial charge is 0.255 e.